The molecule has 4 N–H and O–H groups in total. The fourth-order valence-electron chi connectivity index (χ4n) is 6.38. The van der Waals surface area contributed by atoms with Crippen molar-refractivity contribution in [3.05, 3.63) is 170 Å². The number of benzene rings is 4. The van der Waals surface area contributed by atoms with Crippen LogP contribution in [0.5, 0.6) is 0 Å². The van der Waals surface area contributed by atoms with Gasteiger partial charge in [0, 0.05) is 28.3 Å². The quantitative estimate of drug-likeness (QED) is 0.0628. The molecule has 0 aliphatic carbocycles. The number of carbonyl (C=O) groups excluding carboxylic acids is 3. The van der Waals surface area contributed by atoms with Crippen molar-refractivity contribution in [3.63, 3.8) is 0 Å². The van der Waals surface area contributed by atoms with Crippen LogP contribution in [0, 0.1) is 7.14 Å². The van der Waals surface area contributed by atoms with Crippen LogP contribution in [0.15, 0.2) is 121 Å². The van der Waals surface area contributed by atoms with E-state index in [-0.39, 0.29) is 74.4 Å². The molecule has 2 unspecified atom stereocenters. The zero-order valence-electron chi connectivity index (χ0n) is 36.6. The van der Waals surface area contributed by atoms with Crippen molar-refractivity contribution < 1.29 is 64.1 Å². The number of thiophene rings is 2. The van der Waals surface area contributed by atoms with Gasteiger partial charge < -0.3 is 26.0 Å². The molecule has 0 saturated carbocycles. The van der Waals surface area contributed by atoms with Crippen molar-refractivity contribution in [2.24, 2.45) is 0 Å². The molecule has 326 valence electrons. The number of carboxylic acids is 1. The number of nitrogens with one attached hydrogen (secondary N) is 2. The van der Waals surface area contributed by atoms with Crippen LogP contribution in [0.2, 0.25) is 0 Å². The molecule has 0 saturated heterocycles. The third kappa shape index (κ3) is 15.9. The average Bonchev–Trinajstić information content (AvgIpc) is 3.91. The van der Waals surface area contributed by atoms with E-state index in [2.05, 4.69) is 122 Å². The summed E-state index contributed by atoms with van der Waals surface area (Å²) in [6, 6.07) is 38.8. The van der Waals surface area contributed by atoms with Gasteiger partial charge in [0.1, 0.15) is 9.75 Å². The van der Waals surface area contributed by atoms with Crippen molar-refractivity contribution >= 4 is 103 Å². The fraction of sp³-hybridized carbons (Fsp3) is 0.265. The first-order valence-corrected chi connectivity index (χ1v) is 23.4. The van der Waals surface area contributed by atoms with Gasteiger partial charge in [0.05, 0.1) is 18.9 Å². The summed E-state index contributed by atoms with van der Waals surface area (Å²) in [7, 11) is 1.37. The summed E-state index contributed by atoms with van der Waals surface area (Å²) in [5, 5.41) is 15.3. The van der Waals surface area contributed by atoms with E-state index in [1.807, 2.05) is 78.9 Å². The molecule has 0 radical (unpaired) electrons. The first-order chi connectivity index (χ1) is 28.8. The number of rotatable bonds is 12. The summed E-state index contributed by atoms with van der Waals surface area (Å²) in [6.45, 7) is 13.0. The molecule has 0 spiro atoms. The second kappa shape index (κ2) is 24.2. The molecule has 2 aromatic heterocycles. The van der Waals surface area contributed by atoms with Gasteiger partial charge >= 0.3 is 41.5 Å². The zero-order chi connectivity index (χ0) is 44.5. The topological polar surface area (TPSA) is 152 Å². The van der Waals surface area contributed by atoms with Gasteiger partial charge in [-0.25, -0.2) is 9.59 Å². The van der Waals surface area contributed by atoms with E-state index in [4.69, 9.17) is 4.74 Å². The predicted molar refractivity (Wildman–Crippen MR) is 268 cm³/mol. The molecule has 0 bridgehead atoms. The summed E-state index contributed by atoms with van der Waals surface area (Å²) >= 11 is 7.05. The minimum atomic E-state index is -0.944. The van der Waals surface area contributed by atoms with Gasteiger partial charge in [-0.3, -0.25) is 9.59 Å². The van der Waals surface area contributed by atoms with Crippen LogP contribution in [0.4, 0.5) is 11.4 Å². The number of anilines is 2. The van der Waals surface area contributed by atoms with Crippen molar-refractivity contribution in [3.8, 4) is 0 Å². The Labute approximate surface area is 427 Å². The van der Waals surface area contributed by atoms with Crippen LogP contribution in [-0.2, 0) is 38.0 Å². The Balaban J connectivity index is 0.000000325. The zero-order valence-corrected chi connectivity index (χ0v) is 44.6. The minimum absolute atomic E-state index is 0. The number of carbonyl (C=O) groups is 4. The van der Waals surface area contributed by atoms with Crippen LogP contribution >= 0.6 is 67.9 Å². The molecule has 2 heterocycles. The van der Waals surface area contributed by atoms with E-state index in [0.717, 1.165) is 39.4 Å². The molecule has 4 aromatic carbocycles. The summed E-state index contributed by atoms with van der Waals surface area (Å²) in [4.78, 5) is 52.2. The van der Waals surface area contributed by atoms with E-state index < -0.39 is 11.9 Å². The number of hydrogen-bond acceptors (Lipinski definition) is 8. The number of aromatic carboxylic acids is 1. The Morgan fingerprint density at radius 2 is 0.921 bits per heavy atom. The number of esters is 1. The number of methoxy groups -OCH3 is 1. The number of ether oxygens (including phenoxy) is 1. The second-order valence-electron chi connectivity index (χ2n) is 16.6. The molecular formula is C49H51I2N2NaO7S2. The Bertz CT molecular complexity index is 2440. The van der Waals surface area contributed by atoms with Gasteiger partial charge in [-0.1, -0.05) is 90.1 Å². The van der Waals surface area contributed by atoms with Gasteiger partial charge in [0.15, 0.2) is 0 Å². The van der Waals surface area contributed by atoms with Crippen molar-refractivity contribution in [2.75, 3.05) is 17.7 Å². The maximum absolute atomic E-state index is 13.3. The standard InChI is InChI=1S/C25H26INO3S.C24H24INO3S.Na.H2O/c1-25(2,3)17-7-5-16(6-8-17)21(15-20-13-14-22(31-20)24(29)30-4)23(28)27-19-11-9-18(26)10-12-19;1-24(2,3)16-6-4-15(5-7-16)20(14-19-12-13-21(30-19)23(28)29)22(27)26-18-10-8-17(25)9-11-18;;/h5-14,21H,15H2,1-4H3,(H,27,28);4-13,20H,14H2,1-3H3,(H,26,27)(H,28,29);;1H2/q;;+1;/p-1. The maximum Gasteiger partial charge on any atom is 1.00 e. The molecule has 14 heteroatoms. The molecule has 0 fully saturated rings. The second-order valence-corrected chi connectivity index (χ2v) is 21.4. The number of amides is 2. The largest absolute Gasteiger partial charge is 1.00 e. The van der Waals surface area contributed by atoms with Gasteiger partial charge in [-0.15, -0.1) is 22.7 Å². The molecule has 9 nitrogen and oxygen atoms in total. The van der Waals surface area contributed by atoms with E-state index in [9.17, 15) is 24.3 Å². The molecule has 0 aliphatic rings. The van der Waals surface area contributed by atoms with Crippen LogP contribution < -0.4 is 40.2 Å². The fourth-order valence-corrected chi connectivity index (χ4v) is 8.97. The van der Waals surface area contributed by atoms with E-state index in [1.54, 1.807) is 18.2 Å². The van der Waals surface area contributed by atoms with Crippen LogP contribution in [0.25, 0.3) is 0 Å². The first kappa shape index (κ1) is 53.9. The Kier molecular flexibility index (Phi) is 20.7. The molecule has 63 heavy (non-hydrogen) atoms. The van der Waals surface area contributed by atoms with E-state index >= 15 is 0 Å². The Hall–Kier alpha value is -3.42. The minimum Gasteiger partial charge on any atom is -0.870 e. The third-order valence-electron chi connectivity index (χ3n) is 9.95. The summed E-state index contributed by atoms with van der Waals surface area (Å²) in [6.07, 6.45) is 0.954. The average molecular weight is 1120 g/mol. The monoisotopic (exact) mass is 1120 g/mol. The van der Waals surface area contributed by atoms with Crippen molar-refractivity contribution in [1.29, 1.82) is 0 Å². The number of carboxylic acid groups (broad SMARTS) is 1. The number of halogens is 2. The summed E-state index contributed by atoms with van der Waals surface area (Å²) in [5.41, 5.74) is 5.87. The Morgan fingerprint density at radius 1 is 0.571 bits per heavy atom. The van der Waals surface area contributed by atoms with Crippen molar-refractivity contribution in [2.45, 2.75) is 77.0 Å². The summed E-state index contributed by atoms with van der Waals surface area (Å²) < 4.78 is 7.02. The normalized spacial score (nSPS) is 12.0. The maximum atomic E-state index is 13.3. The molecular weight excluding hydrogens is 1070 g/mol. The smallest absolute Gasteiger partial charge is 0.870 e. The molecule has 6 aromatic rings. The van der Waals surface area contributed by atoms with Crippen LogP contribution in [-0.4, -0.2) is 41.4 Å². The molecule has 6 rings (SSSR count). The SMILES string of the molecule is CC(C)(C)c1ccc(C(Cc2ccc(C(=O)O)s2)C(=O)Nc2ccc(I)cc2)cc1.COC(=O)c1ccc(CC(C(=O)Nc2ccc(I)cc2)c2ccc(C(C)(C)C)cc2)s1.[Na+].[OH-]. The van der Waals surface area contributed by atoms with E-state index in [1.165, 1.54) is 40.9 Å². The van der Waals surface area contributed by atoms with Gasteiger partial charge in [-0.05, 0) is 164 Å². The van der Waals surface area contributed by atoms with Crippen LogP contribution in [0.1, 0.15) is 105 Å². The third-order valence-corrected chi connectivity index (χ3v) is 13.6. The van der Waals surface area contributed by atoms with Crippen molar-refractivity contribution in [1.82, 2.24) is 0 Å². The van der Waals surface area contributed by atoms with Crippen LogP contribution in [0.3, 0.4) is 0 Å². The van der Waals surface area contributed by atoms with E-state index in [0.29, 0.717) is 17.7 Å². The molecule has 2 atom stereocenters. The molecule has 2 amide bonds. The number of hydrogen-bond donors (Lipinski definition) is 3. The molecule has 0 aliphatic heterocycles. The van der Waals surface area contributed by atoms with Gasteiger partial charge in [0.2, 0.25) is 11.8 Å². The Morgan fingerprint density at radius 3 is 1.24 bits per heavy atom. The first-order valence-electron chi connectivity index (χ1n) is 19.6. The predicted octanol–water partition coefficient (Wildman–Crippen LogP) is 9.54. The van der Waals surface area contributed by atoms with Gasteiger partial charge in [0.25, 0.3) is 0 Å². The summed E-state index contributed by atoms with van der Waals surface area (Å²) in [5.74, 6) is -2.27. The van der Waals surface area contributed by atoms with Gasteiger partial charge in [-0.2, -0.15) is 0 Å².